The molecule has 0 unspecified atom stereocenters. The summed E-state index contributed by atoms with van der Waals surface area (Å²) in [5.74, 6) is 0. The molecule has 136 valence electrons. The summed E-state index contributed by atoms with van der Waals surface area (Å²) in [4.78, 5) is 5.09. The monoisotopic (exact) mass is 381 g/mol. The van der Waals surface area contributed by atoms with Crippen LogP contribution < -0.4 is 0 Å². The Morgan fingerprint density at radius 1 is 0.962 bits per heavy atom. The Balaban J connectivity index is 2.16. The van der Waals surface area contributed by atoms with E-state index >= 15 is 0 Å². The Bertz CT molecular complexity index is 700. The van der Waals surface area contributed by atoms with E-state index in [0.717, 1.165) is 12.8 Å². The van der Waals surface area contributed by atoms with E-state index in [9.17, 15) is 0 Å². The zero-order valence-corrected chi connectivity index (χ0v) is 17.8. The van der Waals surface area contributed by atoms with Gasteiger partial charge >= 0.3 is 0 Å². The summed E-state index contributed by atoms with van der Waals surface area (Å²) in [6, 6.07) is 21.4. The van der Waals surface area contributed by atoms with Crippen LogP contribution in [0.4, 0.5) is 0 Å². The van der Waals surface area contributed by atoms with Gasteiger partial charge in [0.1, 0.15) is 5.60 Å². The van der Waals surface area contributed by atoms with Gasteiger partial charge in [-0.3, -0.25) is 4.99 Å². The van der Waals surface area contributed by atoms with Crippen molar-refractivity contribution in [3.8, 4) is 0 Å². The summed E-state index contributed by atoms with van der Waals surface area (Å²) in [7, 11) is 0.387. The fourth-order valence-electron chi connectivity index (χ4n) is 3.35. The fourth-order valence-corrected chi connectivity index (χ4v) is 4.75. The summed E-state index contributed by atoms with van der Waals surface area (Å²) in [6.07, 6.45) is 4.18. The normalized spacial score (nSPS) is 18.0. The minimum absolute atomic E-state index is 0.101. The molecule has 1 aliphatic heterocycles. The maximum Gasteiger partial charge on any atom is 0.237 e. The minimum atomic E-state index is -0.536. The maximum atomic E-state index is 6.85. The molecule has 1 atom stereocenters. The first kappa shape index (κ1) is 19.4. The average molecular weight is 382 g/mol. The molecular formula is C22H27NOSSi. The number of hydrogen-bond acceptors (Lipinski definition) is 3. The van der Waals surface area contributed by atoms with Crippen molar-refractivity contribution in [1.82, 2.24) is 0 Å². The van der Waals surface area contributed by atoms with Crippen LogP contribution in [0.3, 0.4) is 0 Å². The summed E-state index contributed by atoms with van der Waals surface area (Å²) in [5.41, 5.74) is 1.85. The first-order chi connectivity index (χ1) is 12.5. The molecule has 0 amide bonds. The summed E-state index contributed by atoms with van der Waals surface area (Å²) >= 11 is 1.76. The van der Waals surface area contributed by atoms with Gasteiger partial charge in [0.15, 0.2) is 0 Å². The van der Waals surface area contributed by atoms with E-state index in [2.05, 4.69) is 87.7 Å². The number of rotatable bonds is 5. The third-order valence-electron chi connectivity index (χ3n) is 4.56. The van der Waals surface area contributed by atoms with Crippen molar-refractivity contribution in [1.29, 1.82) is 0 Å². The summed E-state index contributed by atoms with van der Waals surface area (Å²) in [5, 5.41) is 1.34. The van der Waals surface area contributed by atoms with Crippen LogP contribution in [-0.2, 0) is 10.0 Å². The lowest BCUT2D eigenvalue weighted by molar-refractivity contribution is 0.0816. The topological polar surface area (TPSA) is 21.6 Å². The molecule has 0 aromatic heterocycles. The summed E-state index contributed by atoms with van der Waals surface area (Å²) in [6.45, 7) is 6.70. The highest BCUT2D eigenvalue weighted by Gasteiger charge is 2.45. The summed E-state index contributed by atoms with van der Waals surface area (Å²) < 4.78 is 6.85. The molecule has 4 heteroatoms. The fraction of sp³-hybridized carbons (Fsp3) is 0.409. The van der Waals surface area contributed by atoms with Crippen LogP contribution in [0.1, 0.15) is 44.7 Å². The van der Waals surface area contributed by atoms with Gasteiger partial charge in [0.05, 0.1) is 11.1 Å². The molecule has 0 saturated carbocycles. The lowest BCUT2D eigenvalue weighted by Gasteiger charge is -2.40. The Morgan fingerprint density at radius 3 is 1.92 bits per heavy atom. The molecule has 0 aliphatic carbocycles. The van der Waals surface area contributed by atoms with E-state index in [-0.39, 0.29) is 11.1 Å². The third-order valence-corrected chi connectivity index (χ3v) is 6.38. The second-order valence-corrected chi connectivity index (χ2v) is 10.5. The molecule has 0 fully saturated rings. The molecule has 0 saturated heterocycles. The van der Waals surface area contributed by atoms with Crippen molar-refractivity contribution < 1.29 is 4.43 Å². The highest BCUT2D eigenvalue weighted by atomic mass is 32.2. The molecular weight excluding hydrogens is 354 g/mol. The van der Waals surface area contributed by atoms with Gasteiger partial charge in [-0.15, -0.1) is 11.8 Å². The zero-order chi connectivity index (χ0) is 18.6. The van der Waals surface area contributed by atoms with E-state index in [4.69, 9.17) is 9.42 Å². The standard InChI is InChI=1S/C22H27NOSSi/c1-21(2,3)26-24-22(17-11-7-5-8-12-17,18-13-9-6-10-14-18)19-15-16-20(23-19)25-4/h5-14,19H,15-16H2,1-4H3/t19-/m1/s1. The molecule has 2 aromatic carbocycles. The molecule has 0 spiro atoms. The van der Waals surface area contributed by atoms with Gasteiger partial charge in [0, 0.05) is 0 Å². The number of thioether (sulfide) groups is 1. The second kappa shape index (κ2) is 8.11. The molecule has 1 heterocycles. The molecule has 0 N–H and O–H groups in total. The van der Waals surface area contributed by atoms with E-state index in [1.54, 1.807) is 11.8 Å². The smallest absolute Gasteiger partial charge is 0.237 e. The number of hydrogen-bond donors (Lipinski definition) is 0. The lowest BCUT2D eigenvalue weighted by atomic mass is 9.79. The van der Waals surface area contributed by atoms with Crippen molar-refractivity contribution in [3.05, 3.63) is 71.8 Å². The van der Waals surface area contributed by atoms with Crippen LogP contribution in [0.5, 0.6) is 0 Å². The molecule has 2 aromatic rings. The molecule has 1 aliphatic rings. The van der Waals surface area contributed by atoms with Crippen LogP contribution in [0, 0.1) is 0 Å². The Labute approximate surface area is 164 Å². The molecule has 3 rings (SSSR count). The zero-order valence-electron chi connectivity index (χ0n) is 16.0. The van der Waals surface area contributed by atoms with E-state index < -0.39 is 5.60 Å². The average Bonchev–Trinajstić information content (AvgIpc) is 3.13. The highest BCUT2D eigenvalue weighted by molar-refractivity contribution is 8.13. The van der Waals surface area contributed by atoms with Crippen LogP contribution in [-0.4, -0.2) is 27.1 Å². The van der Waals surface area contributed by atoms with Crippen molar-refractivity contribution in [2.75, 3.05) is 6.26 Å². The van der Waals surface area contributed by atoms with Crippen LogP contribution in [0.2, 0.25) is 5.04 Å². The predicted molar refractivity (Wildman–Crippen MR) is 114 cm³/mol. The van der Waals surface area contributed by atoms with E-state index in [0.29, 0.717) is 9.76 Å². The lowest BCUT2D eigenvalue weighted by Crippen LogP contribution is -2.43. The van der Waals surface area contributed by atoms with E-state index in [1.165, 1.54) is 16.2 Å². The van der Waals surface area contributed by atoms with Gasteiger partial charge in [-0.05, 0) is 35.3 Å². The Kier molecular flexibility index (Phi) is 6.05. The van der Waals surface area contributed by atoms with Gasteiger partial charge in [-0.2, -0.15) is 0 Å². The second-order valence-electron chi connectivity index (χ2n) is 7.70. The van der Waals surface area contributed by atoms with Crippen LogP contribution >= 0.6 is 11.8 Å². The predicted octanol–water partition coefficient (Wildman–Crippen LogP) is 5.71. The number of nitrogens with zero attached hydrogens (tertiary/aromatic N) is 1. The van der Waals surface area contributed by atoms with Gasteiger partial charge in [-0.1, -0.05) is 81.4 Å². The molecule has 2 nitrogen and oxygen atoms in total. The third kappa shape index (κ3) is 4.13. The first-order valence-electron chi connectivity index (χ1n) is 9.12. The van der Waals surface area contributed by atoms with Crippen molar-refractivity contribution in [2.24, 2.45) is 4.99 Å². The van der Waals surface area contributed by atoms with E-state index in [1.807, 2.05) is 0 Å². The van der Waals surface area contributed by atoms with Gasteiger partial charge in [0.2, 0.25) is 9.76 Å². The van der Waals surface area contributed by atoms with Crippen LogP contribution in [0.25, 0.3) is 0 Å². The van der Waals surface area contributed by atoms with Gasteiger partial charge < -0.3 is 4.43 Å². The molecule has 2 radical (unpaired) electrons. The SMILES string of the molecule is CSC1=N[C@@H](C(O[Si]C(C)(C)C)(c2ccccc2)c2ccccc2)CC1. The quantitative estimate of drug-likeness (QED) is 0.619. The van der Waals surface area contributed by atoms with Gasteiger partial charge in [-0.25, -0.2) is 0 Å². The maximum absolute atomic E-state index is 6.85. The Morgan fingerprint density at radius 2 is 1.50 bits per heavy atom. The van der Waals surface area contributed by atoms with Crippen molar-refractivity contribution in [3.63, 3.8) is 0 Å². The minimum Gasteiger partial charge on any atom is -0.401 e. The van der Waals surface area contributed by atoms with Crippen molar-refractivity contribution >= 4 is 26.6 Å². The van der Waals surface area contributed by atoms with Crippen molar-refractivity contribution in [2.45, 2.75) is 50.3 Å². The molecule has 26 heavy (non-hydrogen) atoms. The number of benzene rings is 2. The molecule has 0 bridgehead atoms. The largest absolute Gasteiger partial charge is 0.401 e. The first-order valence-corrected chi connectivity index (χ1v) is 11.3. The number of aliphatic imine (C=N–C) groups is 1. The Hall–Kier alpha value is -1.36. The van der Waals surface area contributed by atoms with Gasteiger partial charge in [0.25, 0.3) is 0 Å². The van der Waals surface area contributed by atoms with Crippen LogP contribution in [0.15, 0.2) is 65.7 Å². The highest BCUT2D eigenvalue weighted by Crippen LogP contribution is 2.44.